The second-order valence-electron chi connectivity index (χ2n) is 7.98. The van der Waals surface area contributed by atoms with Gasteiger partial charge in [0.1, 0.15) is 11.6 Å². The van der Waals surface area contributed by atoms with Gasteiger partial charge in [-0.15, -0.1) is 0 Å². The van der Waals surface area contributed by atoms with Crippen LogP contribution in [0.25, 0.3) is 11.1 Å². The quantitative estimate of drug-likeness (QED) is 0.509. The van der Waals surface area contributed by atoms with Gasteiger partial charge in [0, 0.05) is 19.5 Å². The third kappa shape index (κ3) is 5.60. The third-order valence-corrected chi connectivity index (χ3v) is 5.63. The summed E-state index contributed by atoms with van der Waals surface area (Å²) in [5.74, 6) is -0.839. The molecule has 1 aliphatic heterocycles. The lowest BCUT2D eigenvalue weighted by molar-refractivity contribution is -0.144. The van der Waals surface area contributed by atoms with Crippen LogP contribution >= 0.6 is 0 Å². The molecule has 1 N–H and O–H groups in total. The molecule has 4 rings (SSSR count). The molecule has 2 amide bonds. The number of ether oxygens (including phenoxy) is 2. The molecule has 0 unspecified atom stereocenters. The molecule has 0 radical (unpaired) electrons. The average molecular weight is 466 g/mol. The molecule has 2 atom stereocenters. The number of fused-ring (bicyclic) bond motifs is 1. The van der Waals surface area contributed by atoms with Gasteiger partial charge in [0.2, 0.25) is 5.78 Å². The lowest BCUT2D eigenvalue weighted by atomic mass is 10.1. The van der Waals surface area contributed by atoms with E-state index in [2.05, 4.69) is 10.3 Å². The van der Waals surface area contributed by atoms with E-state index in [1.807, 2.05) is 30.3 Å². The molecular weight excluding hydrogens is 438 g/mol. The summed E-state index contributed by atoms with van der Waals surface area (Å²) >= 11 is 0. The van der Waals surface area contributed by atoms with Gasteiger partial charge in [-0.1, -0.05) is 49.4 Å². The van der Waals surface area contributed by atoms with Crippen molar-refractivity contribution in [2.75, 3.05) is 26.3 Å². The molecular formula is C25H27N3O6. The van der Waals surface area contributed by atoms with E-state index >= 15 is 0 Å². The van der Waals surface area contributed by atoms with Crippen molar-refractivity contribution in [3.05, 3.63) is 66.1 Å². The van der Waals surface area contributed by atoms with Gasteiger partial charge in [0.05, 0.1) is 13.2 Å². The summed E-state index contributed by atoms with van der Waals surface area (Å²) < 4.78 is 16.4. The van der Waals surface area contributed by atoms with Crippen molar-refractivity contribution in [1.82, 2.24) is 15.2 Å². The fraction of sp³-hybridized carbons (Fsp3) is 0.360. The number of morpholine rings is 1. The number of carbonyl (C=O) groups is 3. The second kappa shape index (κ2) is 10.9. The number of ketones is 1. The van der Waals surface area contributed by atoms with E-state index in [0.29, 0.717) is 43.8 Å². The van der Waals surface area contributed by atoms with Crippen LogP contribution in [0.4, 0.5) is 4.79 Å². The largest absolute Gasteiger partial charge is 0.436 e. The first-order chi connectivity index (χ1) is 16.5. The number of alkyl carbamates (subject to hydrolysis) is 1. The molecule has 1 fully saturated rings. The monoisotopic (exact) mass is 465 g/mol. The Kier molecular flexibility index (Phi) is 7.54. The summed E-state index contributed by atoms with van der Waals surface area (Å²) in [6.45, 7) is 3.50. The van der Waals surface area contributed by atoms with E-state index in [9.17, 15) is 14.4 Å². The molecule has 0 spiro atoms. The van der Waals surface area contributed by atoms with Gasteiger partial charge in [-0.3, -0.25) is 9.59 Å². The van der Waals surface area contributed by atoms with Crippen molar-refractivity contribution in [3.8, 4) is 0 Å². The molecule has 3 aromatic rings. The summed E-state index contributed by atoms with van der Waals surface area (Å²) in [7, 11) is 0. The van der Waals surface area contributed by atoms with Gasteiger partial charge in [-0.25, -0.2) is 9.78 Å². The minimum Gasteiger partial charge on any atom is -0.436 e. The number of aromatic nitrogens is 1. The van der Waals surface area contributed by atoms with Gasteiger partial charge in [0.25, 0.3) is 11.8 Å². The maximum absolute atomic E-state index is 13.1. The number of oxazole rings is 1. The first kappa shape index (κ1) is 23.4. The average Bonchev–Trinajstić information content (AvgIpc) is 3.31. The van der Waals surface area contributed by atoms with Crippen molar-refractivity contribution in [1.29, 1.82) is 0 Å². The number of Topliss-reactive ketones (excluding diaryl/α,β-unsaturated/α-hetero) is 1. The van der Waals surface area contributed by atoms with Crippen LogP contribution in [-0.2, 0) is 20.7 Å². The summed E-state index contributed by atoms with van der Waals surface area (Å²) in [5.41, 5.74) is 1.90. The molecule has 0 bridgehead atoms. The van der Waals surface area contributed by atoms with E-state index < -0.39 is 24.0 Å². The number of hydrogen-bond acceptors (Lipinski definition) is 7. The van der Waals surface area contributed by atoms with Gasteiger partial charge < -0.3 is 24.1 Å². The molecule has 34 heavy (non-hydrogen) atoms. The Balaban J connectivity index is 1.45. The molecule has 1 saturated heterocycles. The Morgan fingerprint density at radius 2 is 1.76 bits per heavy atom. The number of benzene rings is 2. The van der Waals surface area contributed by atoms with Crippen molar-refractivity contribution < 1.29 is 28.3 Å². The smallest absolute Gasteiger partial charge is 0.408 e. The standard InChI is InChI=1S/C25H27N3O6/c1-2-18(22(29)23-26-19-10-6-7-11-20(19)33-23)27-25(31)34-21(16-17-8-4-3-5-9-17)24(30)28-12-14-32-15-13-28/h3-11,18,21H,2,12-16H2,1H3,(H,27,31)/t18-,21-/m0/s1. The van der Waals surface area contributed by atoms with Crippen LogP contribution in [0.5, 0.6) is 0 Å². The van der Waals surface area contributed by atoms with Crippen LogP contribution in [0.1, 0.15) is 29.6 Å². The van der Waals surface area contributed by atoms with Gasteiger partial charge >= 0.3 is 6.09 Å². The molecule has 1 aliphatic rings. The Bertz CT molecular complexity index is 1110. The highest BCUT2D eigenvalue weighted by atomic mass is 16.6. The van der Waals surface area contributed by atoms with Crippen molar-refractivity contribution >= 4 is 28.9 Å². The van der Waals surface area contributed by atoms with E-state index in [4.69, 9.17) is 13.9 Å². The molecule has 2 aromatic carbocycles. The SMILES string of the molecule is CC[C@H](NC(=O)O[C@@H](Cc1ccccc1)C(=O)N1CCOCC1)C(=O)c1nc2ccccc2o1. The summed E-state index contributed by atoms with van der Waals surface area (Å²) in [5, 5.41) is 2.58. The number of carbonyl (C=O) groups excluding carboxylic acids is 3. The van der Waals surface area contributed by atoms with Crippen molar-refractivity contribution in [3.63, 3.8) is 0 Å². The minimum absolute atomic E-state index is 0.0846. The van der Waals surface area contributed by atoms with Crippen LogP contribution in [0.3, 0.4) is 0 Å². The molecule has 2 heterocycles. The van der Waals surface area contributed by atoms with Gasteiger partial charge in [0.15, 0.2) is 11.7 Å². The molecule has 0 saturated carbocycles. The highest BCUT2D eigenvalue weighted by molar-refractivity contribution is 5.99. The van der Waals surface area contributed by atoms with Crippen LogP contribution in [0, 0.1) is 0 Å². The lowest BCUT2D eigenvalue weighted by Gasteiger charge is -2.30. The second-order valence-corrected chi connectivity index (χ2v) is 7.98. The minimum atomic E-state index is -1.03. The van der Waals surface area contributed by atoms with Crippen molar-refractivity contribution in [2.24, 2.45) is 0 Å². The van der Waals surface area contributed by atoms with Crippen molar-refractivity contribution in [2.45, 2.75) is 31.9 Å². The van der Waals surface area contributed by atoms with Crippen LogP contribution in [0.2, 0.25) is 0 Å². The molecule has 9 heteroatoms. The fourth-order valence-corrected chi connectivity index (χ4v) is 3.78. The number of amides is 2. The summed E-state index contributed by atoms with van der Waals surface area (Å²) in [4.78, 5) is 44.7. The highest BCUT2D eigenvalue weighted by Gasteiger charge is 2.31. The Hall–Kier alpha value is -3.72. The number of hydrogen-bond donors (Lipinski definition) is 1. The third-order valence-electron chi connectivity index (χ3n) is 5.63. The van der Waals surface area contributed by atoms with E-state index in [1.54, 1.807) is 36.1 Å². The maximum Gasteiger partial charge on any atom is 0.408 e. The van der Waals surface area contributed by atoms with Crippen LogP contribution in [0.15, 0.2) is 59.0 Å². The van der Waals surface area contributed by atoms with Crippen LogP contribution in [-0.4, -0.2) is 66.1 Å². The zero-order chi connectivity index (χ0) is 23.9. The molecule has 1 aromatic heterocycles. The predicted octanol–water partition coefficient (Wildman–Crippen LogP) is 2.99. The Labute approximate surface area is 197 Å². The van der Waals surface area contributed by atoms with Gasteiger partial charge in [-0.2, -0.15) is 0 Å². The first-order valence-electron chi connectivity index (χ1n) is 11.3. The number of nitrogens with zero attached hydrogens (tertiary/aromatic N) is 2. The number of rotatable bonds is 8. The van der Waals surface area contributed by atoms with E-state index in [0.717, 1.165) is 5.56 Å². The predicted molar refractivity (Wildman–Crippen MR) is 123 cm³/mol. The normalized spacial score (nSPS) is 15.5. The Morgan fingerprint density at radius 1 is 1.06 bits per heavy atom. The number of para-hydroxylation sites is 2. The lowest BCUT2D eigenvalue weighted by Crippen LogP contribution is -2.49. The van der Waals surface area contributed by atoms with Crippen LogP contribution < -0.4 is 5.32 Å². The van der Waals surface area contributed by atoms with E-state index in [1.165, 1.54) is 0 Å². The van der Waals surface area contributed by atoms with E-state index in [-0.39, 0.29) is 18.2 Å². The molecule has 9 nitrogen and oxygen atoms in total. The summed E-state index contributed by atoms with van der Waals surface area (Å²) in [6, 6.07) is 15.5. The Morgan fingerprint density at radius 3 is 2.47 bits per heavy atom. The zero-order valence-corrected chi connectivity index (χ0v) is 18.9. The fourth-order valence-electron chi connectivity index (χ4n) is 3.78. The molecule has 0 aliphatic carbocycles. The zero-order valence-electron chi connectivity index (χ0n) is 18.9. The summed E-state index contributed by atoms with van der Waals surface area (Å²) in [6.07, 6.45) is -1.36. The highest BCUT2D eigenvalue weighted by Crippen LogP contribution is 2.17. The molecule has 178 valence electrons. The maximum atomic E-state index is 13.1. The first-order valence-corrected chi connectivity index (χ1v) is 11.3. The van der Waals surface area contributed by atoms with Gasteiger partial charge in [-0.05, 0) is 24.1 Å². The number of nitrogens with one attached hydrogen (secondary N) is 1. The topological polar surface area (TPSA) is 111 Å².